The number of rotatable bonds is 38. The van der Waals surface area contributed by atoms with E-state index in [0.717, 1.165) is 25.7 Å². The quantitative estimate of drug-likeness (QED) is 0.0686. The first-order valence-electron chi connectivity index (χ1n) is 17.5. The van der Waals surface area contributed by atoms with Crippen LogP contribution in [0.5, 0.6) is 0 Å². The van der Waals surface area contributed by atoms with E-state index in [1.54, 1.807) is 0 Å². The Labute approximate surface area is 288 Å². The molecular weight excluding hydrogens is 632 g/mol. The summed E-state index contributed by atoms with van der Waals surface area (Å²) in [6, 6.07) is 0. The first-order valence-corrected chi connectivity index (χ1v) is 17.5. The Balaban J connectivity index is 3.13. The number of carbonyl (C=O) groups excluding carboxylic acids is 2. The van der Waals surface area contributed by atoms with Gasteiger partial charge in [-0.15, -0.1) is 0 Å². The second kappa shape index (κ2) is 36.8. The molecule has 0 aliphatic rings. The largest absolute Gasteiger partial charge is 0.463 e. The minimum Gasteiger partial charge on any atom is -0.463 e. The molecule has 0 saturated heterocycles. The molecule has 0 spiro atoms. The van der Waals surface area contributed by atoms with Gasteiger partial charge in [0, 0.05) is 6.42 Å². The monoisotopic (exact) mass is 698 g/mol. The lowest BCUT2D eigenvalue weighted by molar-refractivity contribution is -0.156. The highest BCUT2D eigenvalue weighted by molar-refractivity contribution is 5.70. The molecule has 48 heavy (non-hydrogen) atoms. The summed E-state index contributed by atoms with van der Waals surface area (Å²) in [5.41, 5.74) is -0.476. The van der Waals surface area contributed by atoms with Gasteiger partial charge in [0.1, 0.15) is 12.2 Å². The van der Waals surface area contributed by atoms with Gasteiger partial charge in [-0.2, -0.15) is 0 Å². The Morgan fingerprint density at radius 2 is 0.688 bits per heavy atom. The first kappa shape index (κ1) is 46.5. The average molecular weight is 699 g/mol. The third kappa shape index (κ3) is 40.7. The van der Waals surface area contributed by atoms with E-state index in [0.29, 0.717) is 139 Å². The van der Waals surface area contributed by atoms with Crippen LogP contribution < -0.4 is 0 Å². The maximum atomic E-state index is 11.6. The summed E-state index contributed by atoms with van der Waals surface area (Å²) in [5.74, 6) is -0.423. The van der Waals surface area contributed by atoms with Gasteiger partial charge < -0.3 is 56.8 Å². The molecule has 0 atom stereocenters. The summed E-state index contributed by atoms with van der Waals surface area (Å²) in [5, 5.41) is 0. The molecule has 0 unspecified atom stereocenters. The number of hydrogen-bond acceptors (Lipinski definition) is 14. The van der Waals surface area contributed by atoms with Crippen molar-refractivity contribution < 1.29 is 66.4 Å². The zero-order valence-electron chi connectivity index (χ0n) is 30.3. The van der Waals surface area contributed by atoms with Crippen LogP contribution in [-0.4, -0.2) is 156 Å². The topological polar surface area (TPSA) is 145 Å². The SMILES string of the molecule is CCCCCCC(=O)OCCOCCOCCOCCOCCOCCOCCOCCOCCOCCOCCC(=O)OC(C)(C)C. The van der Waals surface area contributed by atoms with Gasteiger partial charge in [0.05, 0.1) is 139 Å². The Morgan fingerprint density at radius 1 is 0.375 bits per heavy atom. The molecule has 0 bridgehead atoms. The van der Waals surface area contributed by atoms with Crippen LogP contribution in [0.3, 0.4) is 0 Å². The summed E-state index contributed by atoms with van der Waals surface area (Å²) >= 11 is 0. The summed E-state index contributed by atoms with van der Waals surface area (Å²) in [6.45, 7) is 17.2. The highest BCUT2D eigenvalue weighted by Gasteiger charge is 2.15. The molecule has 14 heteroatoms. The highest BCUT2D eigenvalue weighted by atomic mass is 16.6. The molecule has 0 radical (unpaired) electrons. The van der Waals surface area contributed by atoms with Gasteiger partial charge in [0.2, 0.25) is 0 Å². The normalized spacial score (nSPS) is 11.7. The van der Waals surface area contributed by atoms with Crippen molar-refractivity contribution in [3.63, 3.8) is 0 Å². The maximum Gasteiger partial charge on any atom is 0.308 e. The van der Waals surface area contributed by atoms with Crippen molar-refractivity contribution in [2.75, 3.05) is 139 Å². The van der Waals surface area contributed by atoms with Crippen molar-refractivity contribution in [1.82, 2.24) is 0 Å². The van der Waals surface area contributed by atoms with E-state index in [4.69, 9.17) is 56.8 Å². The van der Waals surface area contributed by atoms with E-state index >= 15 is 0 Å². The average Bonchev–Trinajstić information content (AvgIpc) is 3.04. The fraction of sp³-hybridized carbons (Fsp3) is 0.941. The van der Waals surface area contributed by atoms with E-state index in [2.05, 4.69) is 6.92 Å². The van der Waals surface area contributed by atoms with Crippen LogP contribution in [0.4, 0.5) is 0 Å². The van der Waals surface area contributed by atoms with Gasteiger partial charge in [0.15, 0.2) is 0 Å². The molecule has 0 fully saturated rings. The van der Waals surface area contributed by atoms with Crippen LogP contribution in [0.15, 0.2) is 0 Å². The Hall–Kier alpha value is -1.46. The standard InChI is InChI=1S/C34H66O14/c1-5-6-7-8-9-32(35)47-31-30-46-29-28-45-27-26-44-25-24-43-23-22-42-21-20-41-19-18-40-17-16-39-15-14-38-13-12-37-11-10-33(36)48-34(2,3)4/h5-31H2,1-4H3. The van der Waals surface area contributed by atoms with Crippen LogP contribution >= 0.6 is 0 Å². The van der Waals surface area contributed by atoms with E-state index in [1.807, 2.05) is 20.8 Å². The third-order valence-electron chi connectivity index (χ3n) is 5.94. The first-order chi connectivity index (χ1) is 23.3. The number of esters is 2. The second-order valence-corrected chi connectivity index (χ2v) is 11.5. The van der Waals surface area contributed by atoms with Gasteiger partial charge in [-0.1, -0.05) is 26.2 Å². The van der Waals surface area contributed by atoms with Gasteiger partial charge in [-0.25, -0.2) is 0 Å². The predicted molar refractivity (Wildman–Crippen MR) is 178 cm³/mol. The minimum atomic E-state index is -0.476. The molecule has 0 aliphatic heterocycles. The molecule has 0 amide bonds. The fourth-order valence-corrected chi connectivity index (χ4v) is 3.61. The van der Waals surface area contributed by atoms with Crippen molar-refractivity contribution in [2.24, 2.45) is 0 Å². The molecule has 0 saturated carbocycles. The van der Waals surface area contributed by atoms with Crippen LogP contribution in [-0.2, 0) is 66.4 Å². The second-order valence-electron chi connectivity index (χ2n) is 11.5. The number of hydrogen-bond donors (Lipinski definition) is 0. The lowest BCUT2D eigenvalue weighted by Gasteiger charge is -2.19. The van der Waals surface area contributed by atoms with Gasteiger partial charge in [0.25, 0.3) is 0 Å². The molecule has 14 nitrogen and oxygen atoms in total. The molecule has 0 aromatic rings. The van der Waals surface area contributed by atoms with Crippen LogP contribution in [0.2, 0.25) is 0 Å². The molecule has 0 aromatic carbocycles. The third-order valence-corrected chi connectivity index (χ3v) is 5.94. The number of carbonyl (C=O) groups is 2. The zero-order chi connectivity index (χ0) is 35.2. The molecule has 0 N–H and O–H groups in total. The van der Waals surface area contributed by atoms with Crippen molar-refractivity contribution in [2.45, 2.75) is 71.8 Å². The molecule has 0 rings (SSSR count). The van der Waals surface area contributed by atoms with E-state index < -0.39 is 5.60 Å². The summed E-state index contributed by atoms with van der Waals surface area (Å²) < 4.78 is 64.7. The van der Waals surface area contributed by atoms with Gasteiger partial charge >= 0.3 is 11.9 Å². The van der Waals surface area contributed by atoms with Crippen LogP contribution in [0, 0.1) is 0 Å². The molecule has 0 aromatic heterocycles. The van der Waals surface area contributed by atoms with Gasteiger partial charge in [-0.3, -0.25) is 9.59 Å². The van der Waals surface area contributed by atoms with E-state index in [9.17, 15) is 9.59 Å². The van der Waals surface area contributed by atoms with Crippen molar-refractivity contribution in [3.8, 4) is 0 Å². The lowest BCUT2D eigenvalue weighted by atomic mass is 10.2. The minimum absolute atomic E-state index is 0.156. The highest BCUT2D eigenvalue weighted by Crippen LogP contribution is 2.08. The smallest absolute Gasteiger partial charge is 0.308 e. The summed E-state index contributed by atoms with van der Waals surface area (Å²) in [7, 11) is 0. The van der Waals surface area contributed by atoms with Crippen LogP contribution in [0.25, 0.3) is 0 Å². The fourth-order valence-electron chi connectivity index (χ4n) is 3.61. The maximum absolute atomic E-state index is 11.6. The summed E-state index contributed by atoms with van der Waals surface area (Å²) in [6.07, 6.45) is 4.97. The summed E-state index contributed by atoms with van der Waals surface area (Å²) in [4.78, 5) is 23.1. The Morgan fingerprint density at radius 3 is 1.00 bits per heavy atom. The molecule has 0 aliphatic carbocycles. The molecule has 286 valence electrons. The number of ether oxygens (including phenoxy) is 12. The van der Waals surface area contributed by atoms with Crippen molar-refractivity contribution >= 4 is 11.9 Å². The zero-order valence-corrected chi connectivity index (χ0v) is 30.3. The van der Waals surface area contributed by atoms with Crippen molar-refractivity contribution in [1.29, 1.82) is 0 Å². The predicted octanol–water partition coefficient (Wildman–Crippen LogP) is 3.40. The van der Waals surface area contributed by atoms with E-state index in [1.165, 1.54) is 0 Å². The van der Waals surface area contributed by atoms with Gasteiger partial charge in [-0.05, 0) is 27.2 Å². The Bertz CT molecular complexity index is 689. The Kier molecular flexibility index (Phi) is 35.7. The van der Waals surface area contributed by atoms with Crippen molar-refractivity contribution in [3.05, 3.63) is 0 Å². The molecule has 0 heterocycles. The van der Waals surface area contributed by atoms with Crippen LogP contribution in [0.1, 0.15) is 66.2 Å². The van der Waals surface area contributed by atoms with E-state index in [-0.39, 0.29) is 25.0 Å². The lowest BCUT2D eigenvalue weighted by Crippen LogP contribution is -2.24. The molecular formula is C34H66O14. The number of unbranched alkanes of at least 4 members (excludes halogenated alkanes) is 3.